The minimum Gasteiger partial charge on any atom is -0.455 e. The van der Waals surface area contributed by atoms with E-state index in [9.17, 15) is 19.2 Å². The third-order valence-electron chi connectivity index (χ3n) is 4.62. The first-order valence-corrected chi connectivity index (χ1v) is 11.3. The number of halogens is 2. The van der Waals surface area contributed by atoms with E-state index in [1.54, 1.807) is 12.1 Å². The van der Waals surface area contributed by atoms with Gasteiger partial charge in [-0.2, -0.15) is 0 Å². The molecule has 0 saturated heterocycles. The number of rotatable bonds is 10. The zero-order chi connectivity index (χ0) is 26.8. The fourth-order valence-corrected chi connectivity index (χ4v) is 3.44. The number of ether oxygens (including phenoxy) is 1. The first-order chi connectivity index (χ1) is 16.9. The first kappa shape index (κ1) is 28.4. The van der Waals surface area contributed by atoms with Crippen LogP contribution in [0.3, 0.4) is 0 Å². The summed E-state index contributed by atoms with van der Waals surface area (Å²) in [7, 11) is 3.05. The van der Waals surface area contributed by atoms with Gasteiger partial charge < -0.3 is 31.7 Å². The van der Waals surface area contributed by atoms with Gasteiger partial charge in [0.1, 0.15) is 0 Å². The largest absolute Gasteiger partial charge is 0.455 e. The number of amides is 3. The van der Waals surface area contributed by atoms with Crippen LogP contribution in [0.5, 0.6) is 0 Å². The molecule has 36 heavy (non-hydrogen) atoms. The summed E-state index contributed by atoms with van der Waals surface area (Å²) in [6.07, 6.45) is -0.308. The molecule has 1 unspecified atom stereocenters. The van der Waals surface area contributed by atoms with Gasteiger partial charge in [0.2, 0.25) is 5.91 Å². The summed E-state index contributed by atoms with van der Waals surface area (Å²) in [6.45, 7) is -0.845. The van der Waals surface area contributed by atoms with Gasteiger partial charge in [-0.1, -0.05) is 29.3 Å². The molecule has 0 fully saturated rings. The topological polar surface area (TPSA) is 169 Å². The highest BCUT2D eigenvalue weighted by Gasteiger charge is 2.22. The number of nitrogens with one attached hydrogen (secondary N) is 2. The SMILES string of the molecule is CN(C)C(=O)COC(=O)CC(NC(=O)CNC(=O)c1cccc(N=C(N)N)c1)c1cc(Cl)cc(Cl)c1. The minimum absolute atomic E-state index is 0.163. The molecule has 0 spiro atoms. The standard InChI is InChI=1S/C23H26Cl2N6O5/c1-31(2)20(33)12-36-21(34)10-18(14-6-15(24)9-16(25)7-14)30-19(32)11-28-22(35)13-4-3-5-17(8-13)29-23(26)27/h3-9,18H,10-12H2,1-2H3,(H,28,35)(H,30,32)(H4,26,27,29). The number of nitrogens with zero attached hydrogens (tertiary/aromatic N) is 2. The number of aliphatic imine (C=N–C) groups is 1. The van der Waals surface area contributed by atoms with Crippen LogP contribution in [-0.4, -0.2) is 61.8 Å². The molecule has 0 aliphatic heterocycles. The van der Waals surface area contributed by atoms with Crippen molar-refractivity contribution in [2.75, 3.05) is 27.2 Å². The average Bonchev–Trinajstić information content (AvgIpc) is 2.79. The van der Waals surface area contributed by atoms with E-state index in [4.69, 9.17) is 39.4 Å². The van der Waals surface area contributed by atoms with Crippen molar-refractivity contribution in [1.29, 1.82) is 0 Å². The third-order valence-corrected chi connectivity index (χ3v) is 5.06. The number of carbonyl (C=O) groups is 4. The van der Waals surface area contributed by atoms with E-state index in [0.717, 1.165) is 0 Å². The number of guanidine groups is 1. The zero-order valence-electron chi connectivity index (χ0n) is 19.6. The Morgan fingerprint density at radius 2 is 1.72 bits per heavy atom. The highest BCUT2D eigenvalue weighted by Crippen LogP contribution is 2.26. The van der Waals surface area contributed by atoms with Gasteiger partial charge in [-0.25, -0.2) is 4.99 Å². The summed E-state index contributed by atoms with van der Waals surface area (Å²) < 4.78 is 5.01. The highest BCUT2D eigenvalue weighted by atomic mass is 35.5. The number of hydrogen-bond acceptors (Lipinski definition) is 6. The summed E-state index contributed by atoms with van der Waals surface area (Å²) in [6, 6.07) is 9.84. The molecule has 6 N–H and O–H groups in total. The molecular weight excluding hydrogens is 511 g/mol. The van der Waals surface area contributed by atoms with E-state index in [1.807, 2.05) is 0 Å². The van der Waals surface area contributed by atoms with Gasteiger partial charge in [0.25, 0.3) is 11.8 Å². The predicted molar refractivity (Wildman–Crippen MR) is 136 cm³/mol. The highest BCUT2D eigenvalue weighted by molar-refractivity contribution is 6.34. The molecule has 11 nitrogen and oxygen atoms in total. The summed E-state index contributed by atoms with van der Waals surface area (Å²) in [4.78, 5) is 54.3. The van der Waals surface area contributed by atoms with Crippen molar-refractivity contribution in [3.63, 3.8) is 0 Å². The van der Waals surface area contributed by atoms with Crippen molar-refractivity contribution < 1.29 is 23.9 Å². The second-order valence-corrected chi connectivity index (χ2v) is 8.62. The molecule has 13 heteroatoms. The Kier molecular flexibility index (Phi) is 10.5. The van der Waals surface area contributed by atoms with E-state index in [1.165, 1.54) is 49.3 Å². The van der Waals surface area contributed by atoms with Crippen molar-refractivity contribution >= 4 is 58.5 Å². The van der Waals surface area contributed by atoms with E-state index >= 15 is 0 Å². The van der Waals surface area contributed by atoms with Crippen LogP contribution in [-0.2, 0) is 19.1 Å². The Morgan fingerprint density at radius 1 is 1.06 bits per heavy atom. The monoisotopic (exact) mass is 536 g/mol. The summed E-state index contributed by atoms with van der Waals surface area (Å²) in [5, 5.41) is 5.72. The number of hydrogen-bond donors (Lipinski definition) is 4. The van der Waals surface area contributed by atoms with Gasteiger partial charge in [-0.3, -0.25) is 19.2 Å². The lowest BCUT2D eigenvalue weighted by Crippen LogP contribution is -2.39. The fraction of sp³-hybridized carbons (Fsp3) is 0.261. The molecular formula is C23H26Cl2N6O5. The Bertz CT molecular complexity index is 1150. The molecule has 0 aliphatic carbocycles. The molecule has 0 saturated carbocycles. The van der Waals surface area contributed by atoms with Gasteiger partial charge in [0.15, 0.2) is 12.6 Å². The lowest BCUT2D eigenvalue weighted by Gasteiger charge is -2.20. The maximum absolute atomic E-state index is 12.6. The lowest BCUT2D eigenvalue weighted by molar-refractivity contribution is -0.151. The van der Waals surface area contributed by atoms with Gasteiger partial charge in [0.05, 0.1) is 24.7 Å². The Morgan fingerprint density at radius 3 is 2.33 bits per heavy atom. The van der Waals surface area contributed by atoms with Gasteiger partial charge in [-0.15, -0.1) is 0 Å². The first-order valence-electron chi connectivity index (χ1n) is 10.5. The van der Waals surface area contributed by atoms with Crippen molar-refractivity contribution in [2.24, 2.45) is 16.5 Å². The van der Waals surface area contributed by atoms with Crippen LogP contribution in [0.25, 0.3) is 0 Å². The second-order valence-electron chi connectivity index (χ2n) is 7.75. The zero-order valence-corrected chi connectivity index (χ0v) is 21.1. The van der Waals surface area contributed by atoms with E-state index < -0.39 is 42.9 Å². The van der Waals surface area contributed by atoms with Gasteiger partial charge >= 0.3 is 5.97 Å². The molecule has 3 amide bonds. The number of nitrogens with two attached hydrogens (primary N) is 2. The van der Waals surface area contributed by atoms with Gasteiger partial charge in [-0.05, 0) is 42.0 Å². The Hall–Kier alpha value is -3.83. The van der Waals surface area contributed by atoms with Crippen LogP contribution >= 0.6 is 23.2 Å². The van der Waals surface area contributed by atoms with Crippen molar-refractivity contribution in [3.05, 3.63) is 63.6 Å². The van der Waals surface area contributed by atoms with Crippen LogP contribution in [0, 0.1) is 0 Å². The lowest BCUT2D eigenvalue weighted by atomic mass is 10.0. The van der Waals surface area contributed by atoms with Crippen LogP contribution in [0.4, 0.5) is 5.69 Å². The molecule has 2 aromatic carbocycles. The maximum atomic E-state index is 12.6. The van der Waals surface area contributed by atoms with Crippen LogP contribution in [0.1, 0.15) is 28.4 Å². The minimum atomic E-state index is -0.891. The second kappa shape index (κ2) is 13.3. The average molecular weight is 537 g/mol. The quantitative estimate of drug-likeness (QED) is 0.202. The molecule has 0 heterocycles. The van der Waals surface area contributed by atoms with E-state index in [2.05, 4.69) is 15.6 Å². The smallest absolute Gasteiger partial charge is 0.308 e. The molecule has 0 bridgehead atoms. The molecule has 0 aromatic heterocycles. The Balaban J connectivity index is 2.07. The maximum Gasteiger partial charge on any atom is 0.308 e. The number of esters is 1. The number of benzene rings is 2. The van der Waals surface area contributed by atoms with Crippen molar-refractivity contribution in [1.82, 2.24) is 15.5 Å². The van der Waals surface area contributed by atoms with Crippen molar-refractivity contribution in [3.8, 4) is 0 Å². The predicted octanol–water partition coefficient (Wildman–Crippen LogP) is 1.51. The molecule has 1 atom stereocenters. The van der Waals surface area contributed by atoms with Crippen molar-refractivity contribution in [2.45, 2.75) is 12.5 Å². The molecule has 2 rings (SSSR count). The molecule has 0 aliphatic rings. The summed E-state index contributed by atoms with van der Waals surface area (Å²) in [5.41, 5.74) is 11.7. The van der Waals surface area contributed by atoms with Crippen LogP contribution in [0.2, 0.25) is 10.0 Å². The Labute approximate surface area is 217 Å². The summed E-state index contributed by atoms with van der Waals surface area (Å²) in [5.74, 6) is -2.43. The number of carbonyl (C=O) groups excluding carboxylic acids is 4. The number of likely N-dealkylation sites (N-methyl/N-ethyl adjacent to an activating group) is 1. The fourth-order valence-electron chi connectivity index (χ4n) is 2.90. The summed E-state index contributed by atoms with van der Waals surface area (Å²) >= 11 is 12.1. The van der Waals surface area contributed by atoms with E-state index in [0.29, 0.717) is 21.3 Å². The van der Waals surface area contributed by atoms with E-state index in [-0.39, 0.29) is 17.9 Å². The molecule has 192 valence electrons. The molecule has 0 radical (unpaired) electrons. The van der Waals surface area contributed by atoms with Crippen LogP contribution in [0.15, 0.2) is 47.5 Å². The molecule has 2 aromatic rings. The third kappa shape index (κ3) is 9.43. The normalized spacial score (nSPS) is 11.1. The van der Waals surface area contributed by atoms with Gasteiger partial charge in [0, 0.05) is 29.7 Å². The van der Waals surface area contributed by atoms with Crippen LogP contribution < -0.4 is 22.1 Å².